The van der Waals surface area contributed by atoms with Gasteiger partial charge in [0.15, 0.2) is 0 Å². The first-order valence-electron chi connectivity index (χ1n) is 5.45. The van der Waals surface area contributed by atoms with Gasteiger partial charge in [-0.3, -0.25) is 9.48 Å². The van der Waals surface area contributed by atoms with Gasteiger partial charge in [-0.15, -0.1) is 0 Å². The van der Waals surface area contributed by atoms with Crippen molar-refractivity contribution in [3.05, 3.63) is 18.0 Å². The second kappa shape index (κ2) is 5.48. The zero-order valence-electron chi connectivity index (χ0n) is 9.96. The normalized spacial score (nSPS) is 11.5. The Morgan fingerprint density at radius 3 is 2.56 bits per heavy atom. The molecule has 0 aliphatic heterocycles. The molecule has 0 spiro atoms. The van der Waals surface area contributed by atoms with Crippen LogP contribution < -0.4 is 5.32 Å². The molecule has 0 bridgehead atoms. The van der Waals surface area contributed by atoms with Gasteiger partial charge in [0.05, 0.1) is 0 Å². The number of aromatic nitrogens is 2. The Morgan fingerprint density at radius 1 is 1.56 bits per heavy atom. The first-order valence-corrected chi connectivity index (χ1v) is 6.57. The van der Waals surface area contributed by atoms with Gasteiger partial charge in [-0.25, -0.2) is 0 Å². The zero-order chi connectivity index (χ0) is 12.2. The van der Waals surface area contributed by atoms with Crippen molar-refractivity contribution in [1.29, 1.82) is 0 Å². The predicted octanol–water partition coefficient (Wildman–Crippen LogP) is 2.10. The molecule has 1 aromatic heterocycles. The van der Waals surface area contributed by atoms with E-state index >= 15 is 0 Å². The molecule has 1 N–H and O–H groups in total. The first-order chi connectivity index (χ1) is 7.58. The van der Waals surface area contributed by atoms with Crippen LogP contribution in [-0.4, -0.2) is 26.6 Å². The van der Waals surface area contributed by atoms with Crippen LogP contribution in [0, 0.1) is 0 Å². The molecule has 16 heavy (non-hydrogen) atoms. The highest BCUT2D eigenvalue weighted by atomic mass is 79.9. The first kappa shape index (κ1) is 13.2. The summed E-state index contributed by atoms with van der Waals surface area (Å²) < 4.78 is 1.58. The fourth-order valence-electron chi connectivity index (χ4n) is 1.55. The molecule has 4 nitrogen and oxygen atoms in total. The van der Waals surface area contributed by atoms with Crippen molar-refractivity contribution in [1.82, 2.24) is 15.1 Å². The van der Waals surface area contributed by atoms with Crippen LogP contribution in [0.5, 0.6) is 0 Å². The van der Waals surface area contributed by atoms with Crippen molar-refractivity contribution in [3.63, 3.8) is 0 Å². The lowest BCUT2D eigenvalue weighted by Gasteiger charge is -2.30. The zero-order valence-corrected chi connectivity index (χ0v) is 11.5. The number of nitrogens with one attached hydrogen (secondary N) is 1. The monoisotopic (exact) mass is 287 g/mol. The minimum absolute atomic E-state index is 0.0665. The molecule has 1 amide bonds. The van der Waals surface area contributed by atoms with Crippen LogP contribution >= 0.6 is 15.9 Å². The second-order valence-electron chi connectivity index (χ2n) is 3.92. The van der Waals surface area contributed by atoms with Crippen molar-refractivity contribution >= 4 is 21.8 Å². The third-order valence-electron chi connectivity index (χ3n) is 3.04. The Balaban J connectivity index is 2.81. The molecule has 0 saturated carbocycles. The lowest BCUT2D eigenvalue weighted by atomic mass is 9.95. The second-order valence-corrected chi connectivity index (χ2v) is 4.48. The standard InChI is InChI=1S/C11H18BrN3O/c1-4-11(5-2,8-12)14-10(16)9-6-7-13-15(9)3/h6-7H,4-5,8H2,1-3H3,(H,14,16). The Morgan fingerprint density at radius 2 is 2.19 bits per heavy atom. The molecule has 1 heterocycles. The fraction of sp³-hybridized carbons (Fsp3) is 0.636. The van der Waals surface area contributed by atoms with Crippen molar-refractivity contribution in [2.45, 2.75) is 32.2 Å². The van der Waals surface area contributed by atoms with Crippen LogP contribution in [0.4, 0.5) is 0 Å². The van der Waals surface area contributed by atoms with Gasteiger partial charge in [0.25, 0.3) is 5.91 Å². The molecule has 5 heteroatoms. The van der Waals surface area contributed by atoms with E-state index in [1.807, 2.05) is 0 Å². The van der Waals surface area contributed by atoms with E-state index in [1.165, 1.54) is 0 Å². The van der Waals surface area contributed by atoms with E-state index in [1.54, 1.807) is 24.0 Å². The third kappa shape index (κ3) is 2.64. The molecule has 1 aromatic rings. The summed E-state index contributed by atoms with van der Waals surface area (Å²) in [6, 6.07) is 1.72. The number of rotatable bonds is 5. The average molecular weight is 288 g/mol. The number of carbonyl (C=O) groups is 1. The maximum Gasteiger partial charge on any atom is 0.269 e. The van der Waals surface area contributed by atoms with Gasteiger partial charge >= 0.3 is 0 Å². The van der Waals surface area contributed by atoms with Gasteiger partial charge in [0.1, 0.15) is 5.69 Å². The highest BCUT2D eigenvalue weighted by Crippen LogP contribution is 2.18. The summed E-state index contributed by atoms with van der Waals surface area (Å²) in [4.78, 5) is 12.0. The largest absolute Gasteiger partial charge is 0.344 e. The topological polar surface area (TPSA) is 46.9 Å². The molecule has 1 rings (SSSR count). The summed E-state index contributed by atoms with van der Waals surface area (Å²) in [5, 5.41) is 7.83. The van der Waals surface area contributed by atoms with E-state index in [9.17, 15) is 4.79 Å². The van der Waals surface area contributed by atoms with E-state index in [0.717, 1.165) is 18.2 Å². The molecule has 0 radical (unpaired) electrons. The number of amides is 1. The fourth-order valence-corrected chi connectivity index (χ4v) is 2.48. The SMILES string of the molecule is CCC(CC)(CBr)NC(=O)c1ccnn1C. The predicted molar refractivity (Wildman–Crippen MR) is 67.8 cm³/mol. The van der Waals surface area contributed by atoms with Crippen molar-refractivity contribution in [2.24, 2.45) is 7.05 Å². The van der Waals surface area contributed by atoms with Crippen molar-refractivity contribution in [2.75, 3.05) is 5.33 Å². The van der Waals surface area contributed by atoms with Crippen LogP contribution in [0.1, 0.15) is 37.2 Å². The maximum absolute atomic E-state index is 12.0. The maximum atomic E-state index is 12.0. The number of hydrogen-bond acceptors (Lipinski definition) is 2. The van der Waals surface area contributed by atoms with Crippen LogP contribution in [0.25, 0.3) is 0 Å². The Kier molecular flexibility index (Phi) is 4.53. The number of aryl methyl sites for hydroxylation is 1. The van der Waals surface area contributed by atoms with Gasteiger partial charge in [-0.2, -0.15) is 5.10 Å². The van der Waals surface area contributed by atoms with E-state index in [0.29, 0.717) is 5.69 Å². The molecule has 0 aliphatic carbocycles. The molecule has 0 aromatic carbocycles. The van der Waals surface area contributed by atoms with E-state index in [4.69, 9.17) is 0 Å². The molecule has 0 aliphatic rings. The lowest BCUT2D eigenvalue weighted by Crippen LogP contribution is -2.49. The third-order valence-corrected chi connectivity index (χ3v) is 4.11. The minimum Gasteiger partial charge on any atom is -0.344 e. The van der Waals surface area contributed by atoms with Crippen LogP contribution in [0.15, 0.2) is 12.3 Å². The smallest absolute Gasteiger partial charge is 0.269 e. The molecular weight excluding hydrogens is 270 g/mol. The minimum atomic E-state index is -0.165. The summed E-state index contributed by atoms with van der Waals surface area (Å²) in [7, 11) is 1.77. The number of nitrogens with zero attached hydrogens (tertiary/aromatic N) is 2. The molecule has 0 saturated heterocycles. The summed E-state index contributed by atoms with van der Waals surface area (Å²) in [5.41, 5.74) is 0.425. The molecule has 90 valence electrons. The van der Waals surface area contributed by atoms with Crippen LogP contribution in [-0.2, 0) is 7.05 Å². The Hall–Kier alpha value is -0.840. The highest BCUT2D eigenvalue weighted by Gasteiger charge is 2.27. The van der Waals surface area contributed by atoms with Crippen LogP contribution in [0.2, 0.25) is 0 Å². The summed E-state index contributed by atoms with van der Waals surface area (Å²) in [6.07, 6.45) is 3.43. The quantitative estimate of drug-likeness (QED) is 0.843. The number of carbonyl (C=O) groups excluding carboxylic acids is 1. The number of halogens is 1. The van der Waals surface area contributed by atoms with Gasteiger partial charge in [-0.05, 0) is 18.9 Å². The van der Waals surface area contributed by atoms with E-state index in [2.05, 4.69) is 40.2 Å². The summed E-state index contributed by atoms with van der Waals surface area (Å²) in [5.74, 6) is -0.0665. The lowest BCUT2D eigenvalue weighted by molar-refractivity contribution is 0.0894. The van der Waals surface area contributed by atoms with Gasteiger partial charge in [0.2, 0.25) is 0 Å². The Labute approximate surface area is 105 Å². The summed E-state index contributed by atoms with van der Waals surface area (Å²) in [6.45, 7) is 4.16. The highest BCUT2D eigenvalue weighted by molar-refractivity contribution is 9.09. The number of hydrogen-bond donors (Lipinski definition) is 1. The van der Waals surface area contributed by atoms with E-state index < -0.39 is 0 Å². The number of alkyl halides is 1. The van der Waals surface area contributed by atoms with Crippen molar-refractivity contribution in [3.8, 4) is 0 Å². The molecular formula is C11H18BrN3O. The molecule has 0 fully saturated rings. The molecule has 0 atom stereocenters. The summed E-state index contributed by atoms with van der Waals surface area (Å²) >= 11 is 3.47. The van der Waals surface area contributed by atoms with Gasteiger partial charge in [0, 0.05) is 24.1 Å². The van der Waals surface area contributed by atoms with Gasteiger partial charge in [-0.1, -0.05) is 29.8 Å². The molecule has 0 unspecified atom stereocenters. The Bertz CT molecular complexity index is 350. The van der Waals surface area contributed by atoms with Crippen molar-refractivity contribution < 1.29 is 4.79 Å². The van der Waals surface area contributed by atoms with E-state index in [-0.39, 0.29) is 11.4 Å². The van der Waals surface area contributed by atoms with Gasteiger partial charge < -0.3 is 5.32 Å². The van der Waals surface area contributed by atoms with Crippen LogP contribution in [0.3, 0.4) is 0 Å². The average Bonchev–Trinajstić information content (AvgIpc) is 2.72.